The third kappa shape index (κ3) is 6.14. The molecule has 0 unspecified atom stereocenters. The van der Waals surface area contributed by atoms with Gasteiger partial charge in [-0.1, -0.05) is 109 Å². The average molecular weight is 699 g/mol. The Morgan fingerprint density at radius 2 is 0.792 bits per heavy atom. The van der Waals surface area contributed by atoms with E-state index in [-0.39, 0.29) is 5.41 Å². The van der Waals surface area contributed by atoms with Crippen molar-refractivity contribution < 1.29 is 18.9 Å². The topological polar surface area (TPSA) is 36.9 Å². The van der Waals surface area contributed by atoms with Crippen LogP contribution in [-0.2, 0) is 37.2 Å². The van der Waals surface area contributed by atoms with Gasteiger partial charge in [-0.2, -0.15) is 0 Å². The van der Waals surface area contributed by atoms with E-state index in [2.05, 4.69) is 121 Å². The molecule has 0 heterocycles. The zero-order valence-corrected chi connectivity index (χ0v) is 30.8. The number of ether oxygens (including phenoxy) is 4. The highest BCUT2D eigenvalue weighted by Gasteiger charge is 2.43. The van der Waals surface area contributed by atoms with Crippen LogP contribution in [0, 0.1) is 0 Å². The Hall–Kier alpha value is -4.84. The van der Waals surface area contributed by atoms with Gasteiger partial charge in [0.2, 0.25) is 0 Å². The monoisotopic (exact) mass is 698 g/mol. The maximum Gasteiger partial charge on any atom is 0.0700 e. The van der Waals surface area contributed by atoms with Crippen LogP contribution < -0.4 is 0 Å². The summed E-state index contributed by atoms with van der Waals surface area (Å²) in [7, 11) is 3.45. The lowest BCUT2D eigenvalue weighted by Gasteiger charge is -2.33. The predicted octanol–water partition coefficient (Wildman–Crippen LogP) is 10.5. The van der Waals surface area contributed by atoms with E-state index in [1.54, 1.807) is 14.2 Å². The molecule has 0 atom stereocenters. The molecule has 3 aliphatic carbocycles. The van der Waals surface area contributed by atoms with Gasteiger partial charge in [0.05, 0.1) is 26.4 Å². The molecule has 0 saturated carbocycles. The number of fused-ring (bicyclic) bond motifs is 9. The van der Waals surface area contributed by atoms with Crippen LogP contribution in [0.5, 0.6) is 0 Å². The zero-order valence-electron chi connectivity index (χ0n) is 30.8. The summed E-state index contributed by atoms with van der Waals surface area (Å²) in [5.41, 5.74) is 21.1. The van der Waals surface area contributed by atoms with Crippen molar-refractivity contribution in [1.82, 2.24) is 0 Å². The molecule has 4 nitrogen and oxygen atoms in total. The van der Waals surface area contributed by atoms with Crippen molar-refractivity contribution in [1.29, 1.82) is 0 Å². The van der Waals surface area contributed by atoms with Crippen molar-refractivity contribution >= 4 is 0 Å². The van der Waals surface area contributed by atoms with Crippen LogP contribution in [0.25, 0.3) is 55.6 Å². The van der Waals surface area contributed by atoms with Gasteiger partial charge in [-0.05, 0) is 127 Å². The summed E-state index contributed by atoms with van der Waals surface area (Å²) in [4.78, 5) is 0. The van der Waals surface area contributed by atoms with Crippen LogP contribution in [0.15, 0.2) is 121 Å². The van der Waals surface area contributed by atoms with Crippen LogP contribution in [-0.4, -0.2) is 53.9 Å². The van der Waals surface area contributed by atoms with Gasteiger partial charge >= 0.3 is 0 Å². The van der Waals surface area contributed by atoms with Gasteiger partial charge < -0.3 is 18.9 Å². The highest BCUT2D eigenvalue weighted by molar-refractivity contribution is 5.88. The molecule has 0 N–H and O–H groups in total. The fourth-order valence-corrected chi connectivity index (χ4v) is 9.15. The lowest BCUT2D eigenvalue weighted by atomic mass is 9.72. The minimum Gasteiger partial charge on any atom is -0.382 e. The Morgan fingerprint density at radius 3 is 1.25 bits per heavy atom. The van der Waals surface area contributed by atoms with E-state index < -0.39 is 0 Å². The fraction of sp³-hybridized carbons (Fsp3) is 0.265. The van der Waals surface area contributed by atoms with Crippen molar-refractivity contribution in [3.8, 4) is 55.6 Å². The molecule has 6 aromatic carbocycles. The van der Waals surface area contributed by atoms with E-state index in [0.29, 0.717) is 39.6 Å². The molecule has 4 heteroatoms. The molecule has 0 spiro atoms. The van der Waals surface area contributed by atoms with Gasteiger partial charge in [-0.15, -0.1) is 0 Å². The van der Waals surface area contributed by atoms with Crippen LogP contribution in [0.2, 0.25) is 0 Å². The summed E-state index contributed by atoms with van der Waals surface area (Å²) in [5.74, 6) is 0. The number of hydrogen-bond donors (Lipinski definition) is 0. The van der Waals surface area contributed by atoms with Crippen LogP contribution >= 0.6 is 0 Å². The maximum atomic E-state index is 6.24. The number of methoxy groups -OCH3 is 2. The summed E-state index contributed by atoms with van der Waals surface area (Å²) in [6.45, 7) is 3.57. The minimum atomic E-state index is -0.295. The molecule has 53 heavy (non-hydrogen) atoms. The first-order valence-electron chi connectivity index (χ1n) is 19.0. The Kier molecular flexibility index (Phi) is 9.31. The lowest BCUT2D eigenvalue weighted by Crippen LogP contribution is -2.30. The second-order valence-corrected chi connectivity index (χ2v) is 14.7. The van der Waals surface area contributed by atoms with Crippen molar-refractivity contribution in [3.63, 3.8) is 0 Å². The molecule has 0 bridgehead atoms. The third-order valence-electron chi connectivity index (χ3n) is 11.8. The number of benzene rings is 6. The van der Waals surface area contributed by atoms with E-state index in [0.717, 1.165) is 25.7 Å². The molecule has 0 aromatic heterocycles. The SMILES string of the molecule is COCCOCCC1(CCOCCOC)c2cc(-c3ccc4c(c3)Cc3ccccc3-4)ccc2-c2ccc(-c3ccc4c(c3)Cc3ccccc3-4)cc21. The Labute approximate surface area is 313 Å². The molecule has 3 aliphatic rings. The van der Waals surface area contributed by atoms with E-state index in [4.69, 9.17) is 18.9 Å². The molecule has 0 saturated heterocycles. The Bertz CT molecular complexity index is 2140. The molecule has 9 rings (SSSR count). The highest BCUT2D eigenvalue weighted by atomic mass is 16.5. The molecule has 0 fully saturated rings. The number of hydrogen-bond acceptors (Lipinski definition) is 4. The van der Waals surface area contributed by atoms with Crippen molar-refractivity contribution in [2.24, 2.45) is 0 Å². The minimum absolute atomic E-state index is 0.295. The van der Waals surface area contributed by atoms with Gasteiger partial charge in [0, 0.05) is 32.8 Å². The lowest BCUT2D eigenvalue weighted by molar-refractivity contribution is 0.0491. The van der Waals surface area contributed by atoms with E-state index >= 15 is 0 Å². The van der Waals surface area contributed by atoms with Gasteiger partial charge in [-0.25, -0.2) is 0 Å². The van der Waals surface area contributed by atoms with E-state index in [1.165, 1.54) is 89.0 Å². The maximum absolute atomic E-state index is 6.24. The highest BCUT2D eigenvalue weighted by Crippen LogP contribution is 2.55. The smallest absolute Gasteiger partial charge is 0.0700 e. The summed E-state index contributed by atoms with van der Waals surface area (Å²) in [6.07, 6.45) is 3.65. The quantitative estimate of drug-likeness (QED) is 0.106. The molecular weight excluding hydrogens is 653 g/mol. The molecule has 0 aliphatic heterocycles. The van der Waals surface area contributed by atoms with Crippen molar-refractivity contribution in [2.75, 3.05) is 53.9 Å². The standard InChI is InChI=1S/C49H46O4/c1-50-23-25-52-21-19-49(20-22-53-26-24-51-2)47-31-35(33-11-15-43-39(27-33)29-37-7-3-5-9-41(37)43)13-17-45(47)46-18-14-36(32-48(46)49)34-12-16-44-40(28-34)30-38-8-4-6-10-42(38)44/h3-18,27-28,31-32H,19-26,29-30H2,1-2H3. The largest absolute Gasteiger partial charge is 0.382 e. The molecule has 0 radical (unpaired) electrons. The zero-order chi connectivity index (χ0) is 35.8. The van der Waals surface area contributed by atoms with E-state index in [1.807, 2.05) is 0 Å². The first-order chi connectivity index (χ1) is 26.2. The normalized spacial score (nSPS) is 14.0. The molecule has 6 aromatic rings. The van der Waals surface area contributed by atoms with Gasteiger partial charge in [-0.3, -0.25) is 0 Å². The van der Waals surface area contributed by atoms with Crippen molar-refractivity contribution in [3.05, 3.63) is 155 Å². The first kappa shape index (κ1) is 34.0. The first-order valence-corrected chi connectivity index (χ1v) is 19.0. The summed E-state index contributed by atoms with van der Waals surface area (Å²) < 4.78 is 23.1. The molecule has 266 valence electrons. The average Bonchev–Trinajstić information content (AvgIpc) is 3.85. The Balaban J connectivity index is 1.12. The fourth-order valence-electron chi connectivity index (χ4n) is 9.15. The van der Waals surface area contributed by atoms with Crippen LogP contribution in [0.3, 0.4) is 0 Å². The van der Waals surface area contributed by atoms with E-state index in [9.17, 15) is 0 Å². The number of rotatable bonds is 14. The van der Waals surface area contributed by atoms with Crippen LogP contribution in [0.4, 0.5) is 0 Å². The third-order valence-corrected chi connectivity index (χ3v) is 11.8. The predicted molar refractivity (Wildman–Crippen MR) is 215 cm³/mol. The van der Waals surface area contributed by atoms with Gasteiger partial charge in [0.25, 0.3) is 0 Å². The molecular formula is C49H46O4. The van der Waals surface area contributed by atoms with Crippen LogP contribution in [0.1, 0.15) is 46.2 Å². The Morgan fingerprint density at radius 1 is 0.396 bits per heavy atom. The van der Waals surface area contributed by atoms with Gasteiger partial charge in [0.1, 0.15) is 0 Å². The molecule has 0 amide bonds. The summed E-state index contributed by atoms with van der Waals surface area (Å²) in [6, 6.07) is 46.0. The van der Waals surface area contributed by atoms with Crippen molar-refractivity contribution in [2.45, 2.75) is 31.1 Å². The second-order valence-electron chi connectivity index (χ2n) is 14.7. The van der Waals surface area contributed by atoms with Gasteiger partial charge in [0.15, 0.2) is 0 Å². The second kappa shape index (κ2) is 14.5. The summed E-state index contributed by atoms with van der Waals surface area (Å²) in [5, 5.41) is 0. The summed E-state index contributed by atoms with van der Waals surface area (Å²) >= 11 is 0.